The molecule has 0 heterocycles. The van der Waals surface area contributed by atoms with Crippen molar-refractivity contribution in [3.63, 3.8) is 0 Å². The van der Waals surface area contributed by atoms with Gasteiger partial charge in [-0.15, -0.1) is 0 Å². The molecule has 0 amide bonds. The Balaban J connectivity index is 1.57. The molecule has 0 aromatic heterocycles. The van der Waals surface area contributed by atoms with Gasteiger partial charge in [0.25, 0.3) is 0 Å². The Morgan fingerprint density at radius 3 is 2.52 bits per heavy atom. The highest BCUT2D eigenvalue weighted by Gasteiger charge is 2.63. The van der Waals surface area contributed by atoms with E-state index in [2.05, 4.69) is 20.8 Å². The number of carbonyl (C=O) groups excluding carboxylic acids is 1. The quantitative estimate of drug-likeness (QED) is 0.765. The molecule has 3 nitrogen and oxygen atoms in total. The molecule has 21 heavy (non-hydrogen) atoms. The van der Waals surface area contributed by atoms with Gasteiger partial charge in [-0.3, -0.25) is 0 Å². The fourth-order valence-corrected chi connectivity index (χ4v) is 4.18. The van der Waals surface area contributed by atoms with Gasteiger partial charge in [-0.25, -0.2) is 4.79 Å². The SMILES string of the molecule is CC1(C)C2CCC1(C)C(OC(=O)OCc1ccccc1)C2. The van der Waals surface area contributed by atoms with Crippen LogP contribution in [0.2, 0.25) is 0 Å². The number of fused-ring (bicyclic) bond motifs is 2. The maximum atomic E-state index is 12.0. The summed E-state index contributed by atoms with van der Waals surface area (Å²) in [5.41, 5.74) is 1.31. The monoisotopic (exact) mass is 288 g/mol. The molecule has 0 spiro atoms. The Labute approximate surface area is 126 Å². The van der Waals surface area contributed by atoms with Gasteiger partial charge >= 0.3 is 6.16 Å². The van der Waals surface area contributed by atoms with Crippen molar-refractivity contribution in [2.45, 2.75) is 52.7 Å². The fraction of sp³-hybridized carbons (Fsp3) is 0.611. The lowest BCUT2D eigenvalue weighted by Crippen LogP contribution is -2.38. The Morgan fingerprint density at radius 2 is 1.95 bits per heavy atom. The molecule has 2 aliphatic carbocycles. The molecule has 0 N–H and O–H groups in total. The predicted molar refractivity (Wildman–Crippen MR) is 80.7 cm³/mol. The molecular formula is C18H24O3. The molecule has 3 heteroatoms. The van der Waals surface area contributed by atoms with Crippen molar-refractivity contribution in [2.24, 2.45) is 16.7 Å². The zero-order valence-electron chi connectivity index (χ0n) is 13.1. The van der Waals surface area contributed by atoms with Crippen LogP contribution in [-0.4, -0.2) is 12.3 Å². The van der Waals surface area contributed by atoms with Crippen LogP contribution in [-0.2, 0) is 16.1 Å². The highest BCUT2D eigenvalue weighted by atomic mass is 16.7. The molecule has 2 saturated carbocycles. The molecule has 0 radical (unpaired) electrons. The largest absolute Gasteiger partial charge is 0.508 e. The first-order valence-electron chi connectivity index (χ1n) is 7.81. The zero-order valence-corrected chi connectivity index (χ0v) is 13.1. The Morgan fingerprint density at radius 1 is 1.24 bits per heavy atom. The van der Waals surface area contributed by atoms with E-state index in [-0.39, 0.29) is 23.5 Å². The summed E-state index contributed by atoms with van der Waals surface area (Å²) in [4.78, 5) is 12.0. The highest BCUT2D eigenvalue weighted by Crippen LogP contribution is 2.66. The summed E-state index contributed by atoms with van der Waals surface area (Å²) in [6.07, 6.45) is 2.83. The van der Waals surface area contributed by atoms with Crippen LogP contribution in [0.15, 0.2) is 30.3 Å². The summed E-state index contributed by atoms with van der Waals surface area (Å²) in [6.45, 7) is 7.15. The van der Waals surface area contributed by atoms with Crippen LogP contribution in [0.3, 0.4) is 0 Å². The van der Waals surface area contributed by atoms with Gasteiger partial charge in [-0.1, -0.05) is 51.1 Å². The van der Waals surface area contributed by atoms with Crippen LogP contribution in [0.1, 0.15) is 45.6 Å². The first-order valence-corrected chi connectivity index (χ1v) is 7.81. The van der Waals surface area contributed by atoms with Crippen molar-refractivity contribution in [1.29, 1.82) is 0 Å². The molecule has 3 unspecified atom stereocenters. The summed E-state index contributed by atoms with van der Waals surface area (Å²) >= 11 is 0. The molecule has 0 aliphatic heterocycles. The number of rotatable bonds is 3. The number of ether oxygens (including phenoxy) is 2. The van der Waals surface area contributed by atoms with Crippen LogP contribution in [0, 0.1) is 16.7 Å². The first-order chi connectivity index (χ1) is 9.93. The molecule has 2 bridgehead atoms. The summed E-state index contributed by atoms with van der Waals surface area (Å²) < 4.78 is 10.9. The second-order valence-electron chi connectivity index (χ2n) is 7.24. The van der Waals surface area contributed by atoms with Crippen molar-refractivity contribution in [1.82, 2.24) is 0 Å². The summed E-state index contributed by atoms with van der Waals surface area (Å²) in [5.74, 6) is 0.662. The van der Waals surface area contributed by atoms with E-state index in [1.54, 1.807) is 0 Å². The summed E-state index contributed by atoms with van der Waals surface area (Å²) in [5, 5.41) is 0. The van der Waals surface area contributed by atoms with Gasteiger partial charge in [0.1, 0.15) is 12.7 Å². The van der Waals surface area contributed by atoms with Crippen LogP contribution < -0.4 is 0 Å². The lowest BCUT2D eigenvalue weighted by Gasteiger charge is -2.38. The van der Waals surface area contributed by atoms with E-state index >= 15 is 0 Å². The van der Waals surface area contributed by atoms with E-state index in [1.807, 2.05) is 30.3 Å². The van der Waals surface area contributed by atoms with E-state index in [9.17, 15) is 4.79 Å². The zero-order chi connectivity index (χ0) is 15.1. The number of hydrogen-bond donors (Lipinski definition) is 0. The topological polar surface area (TPSA) is 35.5 Å². The molecule has 3 rings (SSSR count). The molecule has 2 fully saturated rings. The van der Waals surface area contributed by atoms with Crippen LogP contribution in [0.25, 0.3) is 0 Å². The fourth-order valence-electron chi connectivity index (χ4n) is 4.18. The van der Waals surface area contributed by atoms with Gasteiger partial charge < -0.3 is 9.47 Å². The maximum absolute atomic E-state index is 12.0. The van der Waals surface area contributed by atoms with Gasteiger partial charge in [-0.2, -0.15) is 0 Å². The van der Waals surface area contributed by atoms with E-state index < -0.39 is 6.16 Å². The van der Waals surface area contributed by atoms with Gasteiger partial charge in [-0.05, 0) is 36.2 Å². The van der Waals surface area contributed by atoms with Crippen molar-refractivity contribution in [3.05, 3.63) is 35.9 Å². The molecule has 114 valence electrons. The molecule has 1 aromatic carbocycles. The van der Waals surface area contributed by atoms with Crippen molar-refractivity contribution >= 4 is 6.16 Å². The normalized spacial score (nSPS) is 32.9. The van der Waals surface area contributed by atoms with E-state index in [0.717, 1.165) is 18.4 Å². The average molecular weight is 288 g/mol. The van der Waals surface area contributed by atoms with Gasteiger partial charge in [0.05, 0.1) is 0 Å². The molecule has 0 saturated heterocycles. The van der Waals surface area contributed by atoms with Gasteiger partial charge in [0, 0.05) is 5.41 Å². The Hall–Kier alpha value is -1.51. The van der Waals surface area contributed by atoms with Gasteiger partial charge in [0.2, 0.25) is 0 Å². The van der Waals surface area contributed by atoms with Crippen LogP contribution in [0.5, 0.6) is 0 Å². The average Bonchev–Trinajstić information content (AvgIpc) is 2.79. The minimum Gasteiger partial charge on any atom is -0.430 e. The highest BCUT2D eigenvalue weighted by molar-refractivity contribution is 5.60. The first kappa shape index (κ1) is 14.4. The summed E-state index contributed by atoms with van der Waals surface area (Å²) in [6, 6.07) is 9.69. The number of hydrogen-bond acceptors (Lipinski definition) is 3. The third-order valence-corrected chi connectivity index (χ3v) is 6.15. The molecule has 1 aromatic rings. The Bertz CT molecular complexity index is 523. The van der Waals surface area contributed by atoms with E-state index in [0.29, 0.717) is 5.92 Å². The number of benzene rings is 1. The third-order valence-electron chi connectivity index (χ3n) is 6.15. The minimum absolute atomic E-state index is 0.00507. The molecule has 3 atom stereocenters. The maximum Gasteiger partial charge on any atom is 0.508 e. The van der Waals surface area contributed by atoms with Crippen molar-refractivity contribution in [3.8, 4) is 0 Å². The third kappa shape index (κ3) is 2.33. The second kappa shape index (κ2) is 5.04. The second-order valence-corrected chi connectivity index (χ2v) is 7.24. The molecular weight excluding hydrogens is 264 g/mol. The van der Waals surface area contributed by atoms with Crippen LogP contribution >= 0.6 is 0 Å². The van der Waals surface area contributed by atoms with Gasteiger partial charge in [0.15, 0.2) is 0 Å². The molecule has 2 aliphatic rings. The predicted octanol–water partition coefficient (Wildman–Crippen LogP) is 4.55. The van der Waals surface area contributed by atoms with Crippen LogP contribution in [0.4, 0.5) is 4.79 Å². The lowest BCUT2D eigenvalue weighted by molar-refractivity contribution is -0.0407. The standard InChI is InChI=1S/C18H24O3/c1-17(2)14-9-10-18(17,3)15(11-14)21-16(19)20-12-13-7-5-4-6-8-13/h4-8,14-15H,9-12H2,1-3H3. The van der Waals surface area contributed by atoms with E-state index in [1.165, 1.54) is 6.42 Å². The minimum atomic E-state index is -0.534. The lowest BCUT2D eigenvalue weighted by atomic mass is 9.70. The van der Waals surface area contributed by atoms with E-state index in [4.69, 9.17) is 9.47 Å². The smallest absolute Gasteiger partial charge is 0.430 e. The Kier molecular flexibility index (Phi) is 3.46. The van der Waals surface area contributed by atoms with Crippen molar-refractivity contribution in [2.75, 3.05) is 0 Å². The van der Waals surface area contributed by atoms with Crippen molar-refractivity contribution < 1.29 is 14.3 Å². The summed E-state index contributed by atoms with van der Waals surface area (Å²) in [7, 11) is 0. The number of carbonyl (C=O) groups is 1.